The summed E-state index contributed by atoms with van der Waals surface area (Å²) >= 11 is 0. The SMILES string of the molecule is COc1ccc(C=NNC(=O)c2ccc(C(C)C)cc2)cc1. The summed E-state index contributed by atoms with van der Waals surface area (Å²) in [6.45, 7) is 4.24. The average molecular weight is 296 g/mol. The van der Waals surface area contributed by atoms with E-state index in [4.69, 9.17) is 4.74 Å². The molecule has 1 amide bonds. The second-order valence-electron chi connectivity index (χ2n) is 5.25. The van der Waals surface area contributed by atoms with Crippen LogP contribution in [0, 0.1) is 0 Å². The molecule has 0 unspecified atom stereocenters. The molecule has 2 rings (SSSR count). The minimum absolute atomic E-state index is 0.222. The maximum Gasteiger partial charge on any atom is 0.271 e. The third-order valence-electron chi connectivity index (χ3n) is 3.34. The first-order valence-electron chi connectivity index (χ1n) is 7.17. The number of carbonyl (C=O) groups is 1. The van der Waals surface area contributed by atoms with E-state index in [0.717, 1.165) is 11.3 Å². The predicted molar refractivity (Wildman–Crippen MR) is 88.6 cm³/mol. The van der Waals surface area contributed by atoms with E-state index in [1.54, 1.807) is 13.3 Å². The summed E-state index contributed by atoms with van der Waals surface area (Å²) < 4.78 is 5.08. The molecule has 0 atom stereocenters. The zero-order valence-corrected chi connectivity index (χ0v) is 13.0. The smallest absolute Gasteiger partial charge is 0.271 e. The Balaban J connectivity index is 1.95. The molecule has 0 aliphatic heterocycles. The van der Waals surface area contributed by atoms with Gasteiger partial charge in [-0.1, -0.05) is 26.0 Å². The number of ether oxygens (including phenoxy) is 1. The van der Waals surface area contributed by atoms with Crippen molar-refractivity contribution in [3.63, 3.8) is 0 Å². The second kappa shape index (κ2) is 7.41. The zero-order valence-electron chi connectivity index (χ0n) is 13.0. The van der Waals surface area contributed by atoms with Gasteiger partial charge in [0.25, 0.3) is 5.91 Å². The van der Waals surface area contributed by atoms with E-state index in [1.165, 1.54) is 5.56 Å². The van der Waals surface area contributed by atoms with Crippen molar-refractivity contribution >= 4 is 12.1 Å². The number of amides is 1. The Labute approximate surface area is 130 Å². The van der Waals surface area contributed by atoms with Crippen LogP contribution >= 0.6 is 0 Å². The van der Waals surface area contributed by atoms with Gasteiger partial charge in [-0.3, -0.25) is 4.79 Å². The highest BCUT2D eigenvalue weighted by Gasteiger charge is 2.05. The Morgan fingerprint density at radius 2 is 1.73 bits per heavy atom. The number of hydrogen-bond donors (Lipinski definition) is 1. The van der Waals surface area contributed by atoms with Crippen molar-refractivity contribution in [2.24, 2.45) is 5.10 Å². The molecule has 0 saturated carbocycles. The topological polar surface area (TPSA) is 50.7 Å². The van der Waals surface area contributed by atoms with Crippen molar-refractivity contribution in [3.8, 4) is 5.75 Å². The lowest BCUT2D eigenvalue weighted by Crippen LogP contribution is -2.17. The van der Waals surface area contributed by atoms with Gasteiger partial charge in [-0.2, -0.15) is 5.10 Å². The molecule has 0 radical (unpaired) electrons. The van der Waals surface area contributed by atoms with Crippen molar-refractivity contribution in [2.75, 3.05) is 7.11 Å². The quantitative estimate of drug-likeness (QED) is 0.677. The lowest BCUT2D eigenvalue weighted by atomic mass is 10.0. The fraction of sp³-hybridized carbons (Fsp3) is 0.222. The highest BCUT2D eigenvalue weighted by Crippen LogP contribution is 2.14. The van der Waals surface area contributed by atoms with Crippen LogP contribution in [0.5, 0.6) is 5.75 Å². The van der Waals surface area contributed by atoms with Crippen LogP contribution in [0.3, 0.4) is 0 Å². The predicted octanol–water partition coefficient (Wildman–Crippen LogP) is 3.58. The summed E-state index contributed by atoms with van der Waals surface area (Å²) in [5, 5.41) is 3.97. The van der Waals surface area contributed by atoms with Crippen molar-refractivity contribution in [1.82, 2.24) is 5.43 Å². The van der Waals surface area contributed by atoms with Gasteiger partial charge in [0, 0.05) is 5.56 Å². The number of hydrogen-bond acceptors (Lipinski definition) is 3. The minimum Gasteiger partial charge on any atom is -0.497 e. The van der Waals surface area contributed by atoms with Gasteiger partial charge >= 0.3 is 0 Å². The van der Waals surface area contributed by atoms with Gasteiger partial charge in [0.15, 0.2) is 0 Å². The monoisotopic (exact) mass is 296 g/mol. The van der Waals surface area contributed by atoms with E-state index in [0.29, 0.717) is 11.5 Å². The van der Waals surface area contributed by atoms with Gasteiger partial charge in [-0.05, 0) is 53.4 Å². The Kier molecular flexibility index (Phi) is 5.31. The van der Waals surface area contributed by atoms with Crippen LogP contribution < -0.4 is 10.2 Å². The number of methoxy groups -OCH3 is 1. The normalized spacial score (nSPS) is 10.9. The molecule has 4 heteroatoms. The third-order valence-corrected chi connectivity index (χ3v) is 3.34. The van der Waals surface area contributed by atoms with Crippen molar-refractivity contribution in [1.29, 1.82) is 0 Å². The van der Waals surface area contributed by atoms with Crippen LogP contribution in [0.15, 0.2) is 53.6 Å². The van der Waals surface area contributed by atoms with Crippen LogP contribution in [-0.2, 0) is 0 Å². The summed E-state index contributed by atoms with van der Waals surface area (Å²) in [5.41, 5.74) is 5.21. The molecule has 0 aliphatic rings. The Morgan fingerprint density at radius 1 is 1.09 bits per heavy atom. The summed E-state index contributed by atoms with van der Waals surface area (Å²) in [4.78, 5) is 12.0. The number of nitrogens with one attached hydrogen (secondary N) is 1. The second-order valence-corrected chi connectivity index (χ2v) is 5.25. The number of hydrazone groups is 1. The van der Waals surface area contributed by atoms with Crippen molar-refractivity contribution in [3.05, 3.63) is 65.2 Å². The lowest BCUT2D eigenvalue weighted by Gasteiger charge is -2.06. The molecule has 4 nitrogen and oxygen atoms in total. The van der Waals surface area contributed by atoms with Gasteiger partial charge in [0.2, 0.25) is 0 Å². The average Bonchev–Trinajstić information content (AvgIpc) is 2.55. The molecule has 0 bridgehead atoms. The number of rotatable bonds is 5. The van der Waals surface area contributed by atoms with Gasteiger partial charge < -0.3 is 4.74 Å². The number of carbonyl (C=O) groups excluding carboxylic acids is 1. The Bertz CT molecular complexity index is 644. The van der Waals surface area contributed by atoms with Crippen LogP contribution in [-0.4, -0.2) is 19.2 Å². The number of benzene rings is 2. The molecule has 0 saturated heterocycles. The molecule has 1 N–H and O–H groups in total. The van der Waals surface area contributed by atoms with Crippen LogP contribution in [0.4, 0.5) is 0 Å². The Morgan fingerprint density at radius 3 is 2.27 bits per heavy atom. The fourth-order valence-corrected chi connectivity index (χ4v) is 1.94. The highest BCUT2D eigenvalue weighted by atomic mass is 16.5. The summed E-state index contributed by atoms with van der Waals surface area (Å²) in [5.74, 6) is 1.01. The van der Waals surface area contributed by atoms with Gasteiger partial charge in [0.05, 0.1) is 13.3 Å². The molecule has 0 fully saturated rings. The molecule has 2 aromatic carbocycles. The maximum atomic E-state index is 12.0. The maximum absolute atomic E-state index is 12.0. The van der Waals surface area contributed by atoms with Crippen molar-refractivity contribution < 1.29 is 9.53 Å². The lowest BCUT2D eigenvalue weighted by molar-refractivity contribution is 0.0955. The van der Waals surface area contributed by atoms with E-state index in [1.807, 2.05) is 48.5 Å². The van der Waals surface area contributed by atoms with Crippen LogP contribution in [0.1, 0.15) is 41.3 Å². The van der Waals surface area contributed by atoms with Gasteiger partial charge in [-0.25, -0.2) is 5.43 Å². The summed E-state index contributed by atoms with van der Waals surface area (Å²) in [6.07, 6.45) is 1.60. The largest absolute Gasteiger partial charge is 0.497 e. The Hall–Kier alpha value is -2.62. The molecule has 114 valence electrons. The first kappa shape index (κ1) is 15.8. The first-order valence-corrected chi connectivity index (χ1v) is 7.17. The van der Waals surface area contributed by atoms with E-state index in [-0.39, 0.29) is 5.91 Å². The zero-order chi connectivity index (χ0) is 15.9. The van der Waals surface area contributed by atoms with E-state index in [2.05, 4.69) is 24.4 Å². The molecule has 0 aromatic heterocycles. The highest BCUT2D eigenvalue weighted by molar-refractivity contribution is 5.94. The van der Waals surface area contributed by atoms with E-state index in [9.17, 15) is 4.79 Å². The van der Waals surface area contributed by atoms with E-state index >= 15 is 0 Å². The summed E-state index contributed by atoms with van der Waals surface area (Å²) in [7, 11) is 1.62. The van der Waals surface area contributed by atoms with E-state index < -0.39 is 0 Å². The van der Waals surface area contributed by atoms with Crippen LogP contribution in [0.2, 0.25) is 0 Å². The van der Waals surface area contributed by atoms with Crippen molar-refractivity contribution in [2.45, 2.75) is 19.8 Å². The fourth-order valence-electron chi connectivity index (χ4n) is 1.94. The molecule has 0 spiro atoms. The first-order chi connectivity index (χ1) is 10.6. The third kappa shape index (κ3) is 4.19. The van der Waals surface area contributed by atoms with Gasteiger partial charge in [-0.15, -0.1) is 0 Å². The van der Waals surface area contributed by atoms with Crippen LogP contribution in [0.25, 0.3) is 0 Å². The summed E-state index contributed by atoms with van der Waals surface area (Å²) in [6, 6.07) is 15.0. The molecule has 22 heavy (non-hydrogen) atoms. The standard InChI is InChI=1S/C18H20N2O2/c1-13(2)15-6-8-16(9-7-15)18(21)20-19-12-14-4-10-17(22-3)11-5-14/h4-13H,1-3H3,(H,20,21). The number of nitrogens with zero attached hydrogens (tertiary/aromatic N) is 1. The molecule has 2 aromatic rings. The minimum atomic E-state index is -0.222. The molecule has 0 heterocycles. The molecule has 0 aliphatic carbocycles. The molecular weight excluding hydrogens is 276 g/mol. The van der Waals surface area contributed by atoms with Gasteiger partial charge in [0.1, 0.15) is 5.75 Å². The molecular formula is C18H20N2O2.